The topological polar surface area (TPSA) is 41.6 Å². The standard InChI is InChI=1S/C15H22N2O2/c1-12(15(18)16-8-10-19-2)17-9-7-13-5-3-4-6-14(13)11-17/h3-6,12H,7-11H2,1-2H3,(H,16,18)/t12-/m0/s1. The average molecular weight is 262 g/mol. The molecule has 0 fully saturated rings. The van der Waals surface area contributed by atoms with Crippen LogP contribution in [0.4, 0.5) is 0 Å². The molecule has 0 spiro atoms. The molecule has 0 saturated heterocycles. The minimum absolute atomic E-state index is 0.0800. The van der Waals surface area contributed by atoms with Gasteiger partial charge in [0.2, 0.25) is 5.91 Å². The highest BCUT2D eigenvalue weighted by Gasteiger charge is 2.24. The fraction of sp³-hybridized carbons (Fsp3) is 0.533. The molecule has 19 heavy (non-hydrogen) atoms. The SMILES string of the molecule is COCCNC(=O)[C@H](C)N1CCc2ccccc2C1. The van der Waals surface area contributed by atoms with Crippen molar-refractivity contribution in [1.82, 2.24) is 10.2 Å². The van der Waals surface area contributed by atoms with E-state index in [0.29, 0.717) is 13.2 Å². The maximum atomic E-state index is 12.0. The van der Waals surface area contributed by atoms with Crippen LogP contribution in [0, 0.1) is 0 Å². The molecule has 0 radical (unpaired) electrons. The summed E-state index contributed by atoms with van der Waals surface area (Å²) in [5.41, 5.74) is 2.75. The molecule has 0 saturated carbocycles. The molecule has 1 N–H and O–H groups in total. The third-order valence-electron chi connectivity index (χ3n) is 3.69. The molecule has 4 nitrogen and oxygen atoms in total. The van der Waals surface area contributed by atoms with Crippen LogP contribution < -0.4 is 5.32 Å². The molecule has 0 aliphatic carbocycles. The molecule has 1 aromatic carbocycles. The molecular weight excluding hydrogens is 240 g/mol. The van der Waals surface area contributed by atoms with Crippen LogP contribution in [0.1, 0.15) is 18.1 Å². The highest BCUT2D eigenvalue weighted by Crippen LogP contribution is 2.20. The second-order valence-electron chi connectivity index (χ2n) is 4.95. The number of nitrogens with zero attached hydrogens (tertiary/aromatic N) is 1. The maximum Gasteiger partial charge on any atom is 0.237 e. The van der Waals surface area contributed by atoms with Gasteiger partial charge in [0.15, 0.2) is 0 Å². The Labute approximate surface area is 114 Å². The minimum atomic E-state index is -0.0924. The quantitative estimate of drug-likeness (QED) is 0.811. The number of methoxy groups -OCH3 is 1. The number of hydrogen-bond acceptors (Lipinski definition) is 3. The molecule has 1 amide bonds. The largest absolute Gasteiger partial charge is 0.383 e. The van der Waals surface area contributed by atoms with Gasteiger partial charge in [-0.3, -0.25) is 9.69 Å². The summed E-state index contributed by atoms with van der Waals surface area (Å²) >= 11 is 0. The number of hydrogen-bond donors (Lipinski definition) is 1. The van der Waals surface area contributed by atoms with Crippen molar-refractivity contribution in [2.45, 2.75) is 25.9 Å². The molecule has 0 aromatic heterocycles. The van der Waals surface area contributed by atoms with E-state index in [1.165, 1.54) is 11.1 Å². The number of carbonyl (C=O) groups is 1. The summed E-state index contributed by atoms with van der Waals surface area (Å²) < 4.78 is 4.94. The van der Waals surface area contributed by atoms with E-state index < -0.39 is 0 Å². The smallest absolute Gasteiger partial charge is 0.237 e. The van der Waals surface area contributed by atoms with Gasteiger partial charge in [-0.1, -0.05) is 24.3 Å². The minimum Gasteiger partial charge on any atom is -0.383 e. The highest BCUT2D eigenvalue weighted by molar-refractivity contribution is 5.81. The van der Waals surface area contributed by atoms with Gasteiger partial charge in [0.25, 0.3) is 0 Å². The van der Waals surface area contributed by atoms with Crippen molar-refractivity contribution >= 4 is 5.91 Å². The third-order valence-corrected chi connectivity index (χ3v) is 3.69. The van der Waals surface area contributed by atoms with Crippen LogP contribution in [0.5, 0.6) is 0 Å². The van der Waals surface area contributed by atoms with Crippen LogP contribution in [0.15, 0.2) is 24.3 Å². The molecule has 4 heteroatoms. The molecule has 2 rings (SSSR count). The highest BCUT2D eigenvalue weighted by atomic mass is 16.5. The zero-order valence-corrected chi connectivity index (χ0v) is 11.7. The summed E-state index contributed by atoms with van der Waals surface area (Å²) in [6, 6.07) is 8.37. The first-order valence-electron chi connectivity index (χ1n) is 6.80. The Morgan fingerprint density at radius 1 is 1.42 bits per heavy atom. The first kappa shape index (κ1) is 14.0. The Morgan fingerprint density at radius 3 is 2.89 bits per heavy atom. The van der Waals surface area contributed by atoms with Crippen LogP contribution in [-0.4, -0.2) is 43.7 Å². The van der Waals surface area contributed by atoms with E-state index in [1.54, 1.807) is 7.11 Å². The number of amides is 1. The van der Waals surface area contributed by atoms with Gasteiger partial charge in [-0.2, -0.15) is 0 Å². The molecule has 1 aliphatic rings. The summed E-state index contributed by atoms with van der Waals surface area (Å²) in [7, 11) is 1.64. The predicted molar refractivity (Wildman–Crippen MR) is 74.9 cm³/mol. The summed E-state index contributed by atoms with van der Waals surface area (Å²) in [4.78, 5) is 14.2. The second kappa shape index (κ2) is 6.68. The molecule has 1 aromatic rings. The van der Waals surface area contributed by atoms with Gasteiger partial charge in [-0.05, 0) is 24.5 Å². The van der Waals surface area contributed by atoms with E-state index in [-0.39, 0.29) is 11.9 Å². The van der Waals surface area contributed by atoms with Crippen molar-refractivity contribution in [2.75, 3.05) is 26.8 Å². The Kier molecular flexibility index (Phi) is 4.93. The van der Waals surface area contributed by atoms with E-state index >= 15 is 0 Å². The van der Waals surface area contributed by atoms with Crippen LogP contribution >= 0.6 is 0 Å². The van der Waals surface area contributed by atoms with Crippen molar-refractivity contribution in [3.05, 3.63) is 35.4 Å². The Hall–Kier alpha value is -1.39. The zero-order chi connectivity index (χ0) is 13.7. The summed E-state index contributed by atoms with van der Waals surface area (Å²) in [6.07, 6.45) is 1.02. The molecular formula is C15H22N2O2. The van der Waals surface area contributed by atoms with Gasteiger partial charge in [0.05, 0.1) is 12.6 Å². The van der Waals surface area contributed by atoms with Gasteiger partial charge >= 0.3 is 0 Å². The van der Waals surface area contributed by atoms with E-state index in [1.807, 2.05) is 6.92 Å². The molecule has 0 unspecified atom stereocenters. The van der Waals surface area contributed by atoms with Crippen molar-refractivity contribution in [3.63, 3.8) is 0 Å². The van der Waals surface area contributed by atoms with Crippen LogP contribution in [0.3, 0.4) is 0 Å². The first-order valence-corrected chi connectivity index (χ1v) is 6.80. The number of benzene rings is 1. The molecule has 0 bridgehead atoms. The fourth-order valence-electron chi connectivity index (χ4n) is 2.44. The van der Waals surface area contributed by atoms with Crippen LogP contribution in [-0.2, 0) is 22.5 Å². The lowest BCUT2D eigenvalue weighted by Crippen LogP contribution is -2.47. The van der Waals surface area contributed by atoms with Crippen LogP contribution in [0.25, 0.3) is 0 Å². The number of fused-ring (bicyclic) bond motifs is 1. The second-order valence-corrected chi connectivity index (χ2v) is 4.95. The number of nitrogens with one attached hydrogen (secondary N) is 1. The van der Waals surface area contributed by atoms with Crippen LogP contribution in [0.2, 0.25) is 0 Å². The van der Waals surface area contributed by atoms with Gasteiger partial charge in [0, 0.05) is 26.7 Å². The molecule has 1 atom stereocenters. The predicted octanol–water partition coefficient (Wildman–Crippen LogP) is 1.20. The number of carbonyl (C=O) groups excluding carboxylic acids is 1. The lowest BCUT2D eigenvalue weighted by molar-refractivity contribution is -0.126. The van der Waals surface area contributed by atoms with Gasteiger partial charge in [-0.15, -0.1) is 0 Å². The summed E-state index contributed by atoms with van der Waals surface area (Å²) in [5.74, 6) is 0.0800. The Bertz CT molecular complexity index is 434. The Morgan fingerprint density at radius 2 is 2.16 bits per heavy atom. The lowest BCUT2D eigenvalue weighted by Gasteiger charge is -2.32. The van der Waals surface area contributed by atoms with E-state index in [9.17, 15) is 4.79 Å². The van der Waals surface area contributed by atoms with Crippen molar-refractivity contribution in [2.24, 2.45) is 0 Å². The van der Waals surface area contributed by atoms with E-state index in [0.717, 1.165) is 19.5 Å². The average Bonchev–Trinajstić information content (AvgIpc) is 2.46. The van der Waals surface area contributed by atoms with Gasteiger partial charge in [0.1, 0.15) is 0 Å². The third kappa shape index (κ3) is 3.55. The van der Waals surface area contributed by atoms with Gasteiger partial charge < -0.3 is 10.1 Å². The summed E-state index contributed by atoms with van der Waals surface area (Å²) in [5, 5.41) is 2.90. The normalized spacial score (nSPS) is 16.7. The molecule has 1 heterocycles. The molecule has 1 aliphatic heterocycles. The first-order chi connectivity index (χ1) is 9.22. The van der Waals surface area contributed by atoms with Gasteiger partial charge in [-0.25, -0.2) is 0 Å². The van der Waals surface area contributed by atoms with Crippen molar-refractivity contribution < 1.29 is 9.53 Å². The summed E-state index contributed by atoms with van der Waals surface area (Å²) in [6.45, 7) is 4.90. The Balaban J connectivity index is 1.91. The number of rotatable bonds is 5. The van der Waals surface area contributed by atoms with Crippen molar-refractivity contribution in [3.8, 4) is 0 Å². The monoisotopic (exact) mass is 262 g/mol. The maximum absolute atomic E-state index is 12.0. The van der Waals surface area contributed by atoms with E-state index in [2.05, 4.69) is 34.5 Å². The zero-order valence-electron chi connectivity index (χ0n) is 11.7. The van der Waals surface area contributed by atoms with Crippen molar-refractivity contribution in [1.29, 1.82) is 0 Å². The number of ether oxygens (including phenoxy) is 1. The van der Waals surface area contributed by atoms with E-state index in [4.69, 9.17) is 4.74 Å². The lowest BCUT2D eigenvalue weighted by atomic mass is 9.99. The molecule has 104 valence electrons. The fourth-order valence-corrected chi connectivity index (χ4v) is 2.44.